The van der Waals surface area contributed by atoms with Crippen molar-refractivity contribution in [3.63, 3.8) is 0 Å². The van der Waals surface area contributed by atoms with Crippen molar-refractivity contribution in [2.75, 3.05) is 4.72 Å². The summed E-state index contributed by atoms with van der Waals surface area (Å²) in [6, 6.07) is 8.39. The lowest BCUT2D eigenvalue weighted by molar-refractivity contribution is 0.600. The zero-order valence-corrected chi connectivity index (χ0v) is 15.7. The zero-order chi connectivity index (χ0) is 16.6. The maximum absolute atomic E-state index is 12.5. The molecule has 4 nitrogen and oxygen atoms in total. The van der Waals surface area contributed by atoms with Gasteiger partial charge in [-0.2, -0.15) is 0 Å². The molecule has 0 saturated carbocycles. The lowest BCUT2D eigenvalue weighted by atomic mass is 10.2. The molecule has 0 radical (unpaired) electrons. The van der Waals surface area contributed by atoms with Crippen LogP contribution in [0.2, 0.25) is 9.36 Å². The van der Waals surface area contributed by atoms with E-state index < -0.39 is 10.0 Å². The summed E-state index contributed by atoms with van der Waals surface area (Å²) in [6.07, 6.45) is 0. The molecule has 3 rings (SSSR count). The number of thiazole rings is 1. The number of sulfonamides is 1. The molecule has 0 aliphatic carbocycles. The number of hydrogen-bond acceptors (Lipinski definition) is 5. The molecule has 0 saturated heterocycles. The van der Waals surface area contributed by atoms with E-state index in [2.05, 4.69) is 9.71 Å². The van der Waals surface area contributed by atoms with Crippen LogP contribution >= 0.6 is 45.9 Å². The molecule has 1 aromatic carbocycles. The SMILES string of the molecule is Cc1c(Cl)cccc1S(=O)(=O)Nc1nc(-c2ccc(Cl)s2)cs1. The Morgan fingerprint density at radius 3 is 2.65 bits per heavy atom. The highest BCUT2D eigenvalue weighted by molar-refractivity contribution is 7.93. The minimum absolute atomic E-state index is 0.140. The third-order valence-corrected chi connectivity index (χ3v) is 7.09. The Labute approximate surface area is 151 Å². The number of aromatic nitrogens is 1. The number of halogens is 2. The molecule has 3 aromatic rings. The second-order valence-corrected chi connectivity index (χ2v) is 9.24. The van der Waals surface area contributed by atoms with E-state index in [1.807, 2.05) is 6.07 Å². The zero-order valence-electron chi connectivity index (χ0n) is 11.7. The fraction of sp³-hybridized carbons (Fsp3) is 0.0714. The topological polar surface area (TPSA) is 59.1 Å². The molecule has 120 valence electrons. The lowest BCUT2D eigenvalue weighted by Gasteiger charge is -2.09. The summed E-state index contributed by atoms with van der Waals surface area (Å²) in [5.74, 6) is 0. The summed E-state index contributed by atoms with van der Waals surface area (Å²) in [4.78, 5) is 5.33. The van der Waals surface area contributed by atoms with Gasteiger partial charge in [-0.05, 0) is 36.8 Å². The van der Waals surface area contributed by atoms with E-state index in [4.69, 9.17) is 23.2 Å². The highest BCUT2D eigenvalue weighted by Crippen LogP contribution is 2.33. The average molecular weight is 405 g/mol. The number of rotatable bonds is 4. The monoisotopic (exact) mass is 404 g/mol. The van der Waals surface area contributed by atoms with Crippen molar-refractivity contribution in [2.45, 2.75) is 11.8 Å². The fourth-order valence-electron chi connectivity index (χ4n) is 1.93. The molecule has 0 aliphatic rings. The van der Waals surface area contributed by atoms with Gasteiger partial charge in [0.1, 0.15) is 0 Å². The predicted octanol–water partition coefficient (Wildman–Crippen LogP) is 5.29. The van der Waals surface area contributed by atoms with Crippen molar-refractivity contribution in [3.05, 3.63) is 50.6 Å². The van der Waals surface area contributed by atoms with E-state index in [0.29, 0.717) is 25.7 Å². The van der Waals surface area contributed by atoms with Crippen molar-refractivity contribution in [1.82, 2.24) is 4.98 Å². The molecule has 0 bridgehead atoms. The van der Waals surface area contributed by atoms with Crippen LogP contribution in [-0.4, -0.2) is 13.4 Å². The molecule has 2 heterocycles. The molecular formula is C14H10Cl2N2O2S3. The van der Waals surface area contributed by atoms with Gasteiger partial charge in [0.05, 0.1) is 19.8 Å². The van der Waals surface area contributed by atoms with Crippen molar-refractivity contribution in [1.29, 1.82) is 0 Å². The second kappa shape index (κ2) is 6.41. The maximum atomic E-state index is 12.5. The van der Waals surface area contributed by atoms with E-state index in [9.17, 15) is 8.42 Å². The van der Waals surface area contributed by atoms with Gasteiger partial charge in [0, 0.05) is 10.4 Å². The van der Waals surface area contributed by atoms with Crippen LogP contribution < -0.4 is 4.72 Å². The van der Waals surface area contributed by atoms with Crippen LogP contribution in [0.5, 0.6) is 0 Å². The molecule has 1 N–H and O–H groups in total. The summed E-state index contributed by atoms with van der Waals surface area (Å²) in [7, 11) is -3.74. The highest BCUT2D eigenvalue weighted by atomic mass is 35.5. The fourth-order valence-corrected chi connectivity index (χ4v) is 5.48. The van der Waals surface area contributed by atoms with Gasteiger partial charge in [-0.3, -0.25) is 4.72 Å². The van der Waals surface area contributed by atoms with Crippen LogP contribution in [0.3, 0.4) is 0 Å². The van der Waals surface area contributed by atoms with E-state index in [0.717, 1.165) is 4.88 Å². The molecule has 9 heteroatoms. The Morgan fingerprint density at radius 2 is 1.96 bits per heavy atom. The van der Waals surface area contributed by atoms with Gasteiger partial charge < -0.3 is 0 Å². The minimum Gasteiger partial charge on any atom is -0.255 e. The van der Waals surface area contributed by atoms with Crippen LogP contribution in [0, 0.1) is 6.92 Å². The van der Waals surface area contributed by atoms with Gasteiger partial charge in [-0.15, -0.1) is 22.7 Å². The number of hydrogen-bond donors (Lipinski definition) is 1. The Morgan fingerprint density at radius 1 is 1.17 bits per heavy atom. The largest absolute Gasteiger partial charge is 0.263 e. The molecule has 0 amide bonds. The van der Waals surface area contributed by atoms with E-state index in [1.165, 1.54) is 28.7 Å². The summed E-state index contributed by atoms with van der Waals surface area (Å²) < 4.78 is 28.2. The third-order valence-electron chi connectivity index (χ3n) is 3.06. The number of anilines is 1. The van der Waals surface area contributed by atoms with Gasteiger partial charge in [-0.1, -0.05) is 29.3 Å². The molecule has 23 heavy (non-hydrogen) atoms. The lowest BCUT2D eigenvalue weighted by Crippen LogP contribution is -2.14. The van der Waals surface area contributed by atoms with E-state index in [1.54, 1.807) is 30.5 Å². The molecule has 0 atom stereocenters. The summed E-state index contributed by atoms with van der Waals surface area (Å²) >= 11 is 14.5. The standard InChI is InChI=1S/C14H10Cl2N2O2S3/c1-8-9(15)3-2-4-12(8)23(19,20)18-14-17-10(7-21-14)11-5-6-13(16)22-11/h2-7H,1H3,(H,17,18). The second-order valence-electron chi connectivity index (χ2n) is 4.61. The smallest absolute Gasteiger partial charge is 0.255 e. The first kappa shape index (κ1) is 16.7. The van der Waals surface area contributed by atoms with Crippen LogP contribution in [-0.2, 0) is 10.0 Å². The molecular weight excluding hydrogens is 395 g/mol. The first-order valence-corrected chi connectivity index (χ1v) is 10.3. The van der Waals surface area contributed by atoms with Gasteiger partial charge in [0.15, 0.2) is 5.13 Å². The maximum Gasteiger partial charge on any atom is 0.263 e. The Hall–Kier alpha value is -1.12. The average Bonchev–Trinajstić information content (AvgIpc) is 3.10. The first-order chi connectivity index (χ1) is 10.9. The van der Waals surface area contributed by atoms with E-state index in [-0.39, 0.29) is 4.90 Å². The minimum atomic E-state index is -3.74. The predicted molar refractivity (Wildman–Crippen MR) is 97.4 cm³/mol. The van der Waals surface area contributed by atoms with Gasteiger partial charge in [-0.25, -0.2) is 13.4 Å². The van der Waals surface area contributed by atoms with Gasteiger partial charge in [0.2, 0.25) is 0 Å². The Kier molecular flexibility index (Phi) is 4.66. The van der Waals surface area contributed by atoms with E-state index >= 15 is 0 Å². The van der Waals surface area contributed by atoms with Gasteiger partial charge in [0.25, 0.3) is 10.0 Å². The molecule has 0 aliphatic heterocycles. The van der Waals surface area contributed by atoms with Crippen molar-refractivity contribution in [3.8, 4) is 10.6 Å². The Bertz CT molecular complexity index is 964. The number of nitrogens with one attached hydrogen (secondary N) is 1. The van der Waals surface area contributed by atoms with Crippen LogP contribution in [0.15, 0.2) is 40.6 Å². The van der Waals surface area contributed by atoms with Gasteiger partial charge >= 0.3 is 0 Å². The molecule has 2 aromatic heterocycles. The van der Waals surface area contributed by atoms with Crippen molar-refractivity contribution >= 4 is 61.0 Å². The van der Waals surface area contributed by atoms with Crippen LogP contribution in [0.1, 0.15) is 5.56 Å². The molecule has 0 fully saturated rings. The summed E-state index contributed by atoms with van der Waals surface area (Å²) in [5.41, 5.74) is 1.19. The molecule has 0 unspecified atom stereocenters. The van der Waals surface area contributed by atoms with Crippen molar-refractivity contribution in [2.24, 2.45) is 0 Å². The normalized spacial score (nSPS) is 11.6. The third kappa shape index (κ3) is 3.54. The van der Waals surface area contributed by atoms with Crippen LogP contribution in [0.25, 0.3) is 10.6 Å². The quantitative estimate of drug-likeness (QED) is 0.642. The summed E-state index contributed by atoms with van der Waals surface area (Å²) in [6.45, 7) is 1.66. The number of nitrogens with zero attached hydrogens (tertiary/aromatic N) is 1. The highest BCUT2D eigenvalue weighted by Gasteiger charge is 2.20. The Balaban J connectivity index is 1.90. The van der Waals surface area contributed by atoms with Crippen molar-refractivity contribution < 1.29 is 8.42 Å². The first-order valence-electron chi connectivity index (χ1n) is 6.36. The number of thiophene rings is 1. The van der Waals surface area contributed by atoms with Crippen LogP contribution in [0.4, 0.5) is 5.13 Å². The molecule has 0 spiro atoms. The number of benzene rings is 1. The summed E-state index contributed by atoms with van der Waals surface area (Å²) in [5, 5.41) is 2.48.